The molecule has 1 aromatic carbocycles. The number of hydrogen-bond donors (Lipinski definition) is 2. The molecule has 2 rings (SSSR count). The summed E-state index contributed by atoms with van der Waals surface area (Å²) in [4.78, 5) is 16.4. The molecule has 0 radical (unpaired) electrons. The SMILES string of the molecule is CCCC(C)(N)C(=O)Nc1cnc2ccccc2c1. The molecule has 0 aliphatic carbocycles. The molecule has 3 N–H and O–H groups in total. The molecule has 19 heavy (non-hydrogen) atoms. The van der Waals surface area contributed by atoms with Gasteiger partial charge in [-0.1, -0.05) is 31.5 Å². The van der Waals surface area contributed by atoms with Gasteiger partial charge in [-0.2, -0.15) is 0 Å². The van der Waals surface area contributed by atoms with Crippen LogP contribution in [0.2, 0.25) is 0 Å². The van der Waals surface area contributed by atoms with E-state index >= 15 is 0 Å². The van der Waals surface area contributed by atoms with Gasteiger partial charge in [-0.3, -0.25) is 9.78 Å². The zero-order valence-electron chi connectivity index (χ0n) is 11.3. The zero-order valence-corrected chi connectivity index (χ0v) is 11.3. The number of benzene rings is 1. The van der Waals surface area contributed by atoms with Crippen molar-refractivity contribution >= 4 is 22.5 Å². The van der Waals surface area contributed by atoms with Crippen LogP contribution >= 0.6 is 0 Å². The Hall–Kier alpha value is -1.94. The predicted molar refractivity (Wildman–Crippen MR) is 77.9 cm³/mol. The second kappa shape index (κ2) is 5.36. The van der Waals surface area contributed by atoms with E-state index in [2.05, 4.69) is 10.3 Å². The third kappa shape index (κ3) is 3.09. The predicted octanol–water partition coefficient (Wildman–Crippen LogP) is 2.69. The molecule has 0 saturated carbocycles. The largest absolute Gasteiger partial charge is 0.323 e. The molecule has 1 aromatic heterocycles. The highest BCUT2D eigenvalue weighted by molar-refractivity contribution is 5.98. The lowest BCUT2D eigenvalue weighted by atomic mass is 9.96. The van der Waals surface area contributed by atoms with E-state index in [1.165, 1.54) is 0 Å². The van der Waals surface area contributed by atoms with E-state index in [1.807, 2.05) is 37.3 Å². The number of nitrogens with two attached hydrogens (primary N) is 1. The molecule has 100 valence electrons. The van der Waals surface area contributed by atoms with Gasteiger partial charge in [-0.25, -0.2) is 0 Å². The number of nitrogens with one attached hydrogen (secondary N) is 1. The summed E-state index contributed by atoms with van der Waals surface area (Å²) in [7, 11) is 0. The molecule has 0 bridgehead atoms. The number of aromatic nitrogens is 1. The maximum Gasteiger partial charge on any atom is 0.244 e. The lowest BCUT2D eigenvalue weighted by Gasteiger charge is -2.22. The molecule has 1 heterocycles. The molecular weight excluding hydrogens is 238 g/mol. The van der Waals surface area contributed by atoms with Crippen LogP contribution in [0, 0.1) is 0 Å². The third-order valence-electron chi connectivity index (χ3n) is 3.14. The van der Waals surface area contributed by atoms with Crippen molar-refractivity contribution in [3.8, 4) is 0 Å². The van der Waals surface area contributed by atoms with E-state index in [0.29, 0.717) is 12.1 Å². The van der Waals surface area contributed by atoms with Gasteiger partial charge in [0.25, 0.3) is 0 Å². The minimum absolute atomic E-state index is 0.175. The van der Waals surface area contributed by atoms with E-state index in [9.17, 15) is 4.79 Å². The highest BCUT2D eigenvalue weighted by atomic mass is 16.2. The minimum atomic E-state index is -0.847. The second-order valence-electron chi connectivity index (χ2n) is 5.04. The average Bonchev–Trinajstić information content (AvgIpc) is 2.38. The van der Waals surface area contributed by atoms with Crippen molar-refractivity contribution < 1.29 is 4.79 Å². The summed E-state index contributed by atoms with van der Waals surface area (Å²) < 4.78 is 0. The number of para-hydroxylation sites is 1. The molecule has 1 amide bonds. The van der Waals surface area contributed by atoms with E-state index in [4.69, 9.17) is 5.73 Å². The number of pyridine rings is 1. The molecule has 0 fully saturated rings. The van der Waals surface area contributed by atoms with Crippen molar-refractivity contribution in [1.82, 2.24) is 4.98 Å². The highest BCUT2D eigenvalue weighted by Gasteiger charge is 2.27. The fourth-order valence-electron chi connectivity index (χ4n) is 2.05. The lowest BCUT2D eigenvalue weighted by molar-refractivity contribution is -0.120. The van der Waals surface area contributed by atoms with Gasteiger partial charge in [-0.05, 0) is 25.5 Å². The second-order valence-corrected chi connectivity index (χ2v) is 5.04. The molecule has 1 unspecified atom stereocenters. The Morgan fingerprint density at radius 3 is 2.89 bits per heavy atom. The van der Waals surface area contributed by atoms with Crippen LogP contribution in [-0.4, -0.2) is 16.4 Å². The van der Waals surface area contributed by atoms with E-state index < -0.39 is 5.54 Å². The van der Waals surface area contributed by atoms with E-state index in [1.54, 1.807) is 13.1 Å². The molecule has 2 aromatic rings. The number of amides is 1. The monoisotopic (exact) mass is 257 g/mol. The van der Waals surface area contributed by atoms with Gasteiger partial charge in [-0.15, -0.1) is 0 Å². The van der Waals surface area contributed by atoms with Crippen LogP contribution < -0.4 is 11.1 Å². The Labute approximate surface area is 113 Å². The van der Waals surface area contributed by atoms with Gasteiger partial charge in [0, 0.05) is 5.39 Å². The van der Waals surface area contributed by atoms with Crippen LogP contribution in [0.4, 0.5) is 5.69 Å². The fraction of sp³-hybridized carbons (Fsp3) is 0.333. The lowest BCUT2D eigenvalue weighted by Crippen LogP contribution is -2.48. The summed E-state index contributed by atoms with van der Waals surface area (Å²) in [5.74, 6) is -0.175. The first-order valence-electron chi connectivity index (χ1n) is 6.48. The molecule has 1 atom stereocenters. The first-order valence-corrected chi connectivity index (χ1v) is 6.48. The Balaban J connectivity index is 2.19. The number of carbonyl (C=O) groups excluding carboxylic acids is 1. The number of rotatable bonds is 4. The van der Waals surface area contributed by atoms with Gasteiger partial charge in [0.05, 0.1) is 22.9 Å². The Morgan fingerprint density at radius 2 is 2.16 bits per heavy atom. The number of nitrogens with zero attached hydrogens (tertiary/aromatic N) is 1. The summed E-state index contributed by atoms with van der Waals surface area (Å²) in [6.07, 6.45) is 3.18. The molecule has 4 nitrogen and oxygen atoms in total. The highest BCUT2D eigenvalue weighted by Crippen LogP contribution is 2.18. The average molecular weight is 257 g/mol. The van der Waals surface area contributed by atoms with Gasteiger partial charge in [0.1, 0.15) is 0 Å². The molecule has 0 aliphatic heterocycles. The van der Waals surface area contributed by atoms with Crippen LogP contribution in [0.5, 0.6) is 0 Å². The van der Waals surface area contributed by atoms with Crippen molar-refractivity contribution in [1.29, 1.82) is 0 Å². The minimum Gasteiger partial charge on any atom is -0.323 e. The van der Waals surface area contributed by atoms with Crippen LogP contribution in [0.3, 0.4) is 0 Å². The summed E-state index contributed by atoms with van der Waals surface area (Å²) in [6.45, 7) is 3.76. The Bertz CT molecular complexity index is 593. The van der Waals surface area contributed by atoms with Crippen molar-refractivity contribution in [3.63, 3.8) is 0 Å². The standard InChI is InChI=1S/C15H19N3O/c1-3-8-15(2,16)14(19)18-12-9-11-6-4-5-7-13(11)17-10-12/h4-7,9-10H,3,8,16H2,1-2H3,(H,18,19). The Morgan fingerprint density at radius 1 is 1.42 bits per heavy atom. The summed E-state index contributed by atoms with van der Waals surface area (Å²) in [5, 5.41) is 3.83. The van der Waals surface area contributed by atoms with Crippen molar-refractivity contribution in [3.05, 3.63) is 36.5 Å². The van der Waals surface area contributed by atoms with Gasteiger partial charge >= 0.3 is 0 Å². The number of anilines is 1. The van der Waals surface area contributed by atoms with Crippen LogP contribution in [0.25, 0.3) is 10.9 Å². The number of carbonyl (C=O) groups is 1. The molecular formula is C15H19N3O. The molecule has 4 heteroatoms. The first kappa shape index (κ1) is 13.5. The molecule has 0 aliphatic rings. The Kier molecular flexibility index (Phi) is 3.81. The topological polar surface area (TPSA) is 68.0 Å². The van der Waals surface area contributed by atoms with Crippen LogP contribution in [-0.2, 0) is 4.79 Å². The maximum atomic E-state index is 12.1. The van der Waals surface area contributed by atoms with Crippen LogP contribution in [0.1, 0.15) is 26.7 Å². The van der Waals surface area contributed by atoms with Gasteiger partial charge < -0.3 is 11.1 Å². The molecule has 0 saturated heterocycles. The van der Waals surface area contributed by atoms with Gasteiger partial charge in [0.2, 0.25) is 5.91 Å². The maximum absolute atomic E-state index is 12.1. The smallest absolute Gasteiger partial charge is 0.244 e. The summed E-state index contributed by atoms with van der Waals surface area (Å²) in [5.41, 5.74) is 6.74. The third-order valence-corrected chi connectivity index (χ3v) is 3.14. The van der Waals surface area contributed by atoms with Crippen LogP contribution in [0.15, 0.2) is 36.5 Å². The van der Waals surface area contributed by atoms with E-state index in [0.717, 1.165) is 17.3 Å². The number of fused-ring (bicyclic) bond motifs is 1. The normalized spacial score (nSPS) is 14.1. The van der Waals surface area contributed by atoms with Crippen molar-refractivity contribution in [2.24, 2.45) is 5.73 Å². The van der Waals surface area contributed by atoms with Crippen molar-refractivity contribution in [2.75, 3.05) is 5.32 Å². The fourth-order valence-corrected chi connectivity index (χ4v) is 2.05. The quantitative estimate of drug-likeness (QED) is 0.884. The zero-order chi connectivity index (χ0) is 13.9. The summed E-state index contributed by atoms with van der Waals surface area (Å²) in [6, 6.07) is 9.69. The molecule has 0 spiro atoms. The van der Waals surface area contributed by atoms with Gasteiger partial charge in [0.15, 0.2) is 0 Å². The summed E-state index contributed by atoms with van der Waals surface area (Å²) >= 11 is 0. The van der Waals surface area contributed by atoms with E-state index in [-0.39, 0.29) is 5.91 Å². The van der Waals surface area contributed by atoms with Crippen molar-refractivity contribution in [2.45, 2.75) is 32.2 Å². The first-order chi connectivity index (χ1) is 9.03. The number of hydrogen-bond acceptors (Lipinski definition) is 3.